The number of aromatic nitrogens is 3. The van der Waals surface area contributed by atoms with E-state index in [1.165, 1.54) is 12.1 Å². The number of benzene rings is 2. The number of sulfonamides is 1. The molecule has 0 bridgehead atoms. The Morgan fingerprint density at radius 2 is 1.57 bits per heavy atom. The van der Waals surface area contributed by atoms with Gasteiger partial charge in [-0.25, -0.2) is 26.6 Å². The summed E-state index contributed by atoms with van der Waals surface area (Å²) in [5, 5.41) is 5.46. The Bertz CT molecular complexity index is 1710. The van der Waals surface area contributed by atoms with Gasteiger partial charge in [0, 0.05) is 44.0 Å². The van der Waals surface area contributed by atoms with Crippen LogP contribution < -0.4 is 10.5 Å². The van der Waals surface area contributed by atoms with E-state index in [-0.39, 0.29) is 11.9 Å². The smallest absolute Gasteiger partial charge is 0.267 e. The zero-order chi connectivity index (χ0) is 29.6. The minimum atomic E-state index is -4.74. The van der Waals surface area contributed by atoms with E-state index in [0.717, 1.165) is 81.6 Å². The van der Waals surface area contributed by atoms with Crippen LogP contribution in [0.4, 0.5) is 24.7 Å². The molecule has 0 radical (unpaired) electrons. The molecule has 0 spiro atoms. The van der Waals surface area contributed by atoms with Gasteiger partial charge in [-0.3, -0.25) is 14.3 Å². The van der Waals surface area contributed by atoms with Crippen molar-refractivity contribution in [3.8, 4) is 11.3 Å². The van der Waals surface area contributed by atoms with Gasteiger partial charge in [0.05, 0.1) is 22.6 Å². The van der Waals surface area contributed by atoms with Crippen LogP contribution in [-0.2, 0) is 10.0 Å². The maximum absolute atomic E-state index is 15.3. The molecule has 42 heavy (non-hydrogen) atoms. The maximum atomic E-state index is 15.3. The van der Waals surface area contributed by atoms with Crippen molar-refractivity contribution >= 4 is 32.4 Å². The first kappa shape index (κ1) is 28.4. The number of hydrogen-bond acceptors (Lipinski definition) is 7. The minimum Gasteiger partial charge on any atom is -0.383 e. The monoisotopic (exact) mass is 599 g/mol. The van der Waals surface area contributed by atoms with E-state index in [1.807, 2.05) is 15.5 Å². The second kappa shape index (κ2) is 11.2. The molecule has 2 aliphatic rings. The van der Waals surface area contributed by atoms with Gasteiger partial charge in [0.1, 0.15) is 29.0 Å². The van der Waals surface area contributed by atoms with Gasteiger partial charge < -0.3 is 10.6 Å². The first-order chi connectivity index (χ1) is 20.1. The normalized spacial score (nSPS) is 20.7. The largest absolute Gasteiger partial charge is 0.383 e. The van der Waals surface area contributed by atoms with Crippen LogP contribution in [0.25, 0.3) is 22.2 Å². The number of nitrogens with one attached hydrogen (secondary N) is 1. The average molecular weight is 600 g/mol. The molecular formula is C29H32F3N7O2S. The van der Waals surface area contributed by atoms with Crippen LogP contribution >= 0.6 is 0 Å². The highest BCUT2D eigenvalue weighted by Gasteiger charge is 2.31. The Morgan fingerprint density at radius 1 is 0.905 bits per heavy atom. The summed E-state index contributed by atoms with van der Waals surface area (Å²) in [5.74, 6) is -3.25. The molecule has 0 unspecified atom stereocenters. The van der Waals surface area contributed by atoms with Gasteiger partial charge in [-0.15, -0.1) is 0 Å². The molecule has 4 aromatic rings. The summed E-state index contributed by atoms with van der Waals surface area (Å²) in [6.45, 7) is 4.32. The van der Waals surface area contributed by atoms with Crippen LogP contribution in [0.2, 0.25) is 0 Å². The topological polar surface area (TPSA) is 109 Å². The van der Waals surface area contributed by atoms with Crippen LogP contribution in [0.3, 0.4) is 0 Å². The Hall–Kier alpha value is -3.68. The van der Waals surface area contributed by atoms with Crippen molar-refractivity contribution in [3.05, 3.63) is 66.1 Å². The van der Waals surface area contributed by atoms with Crippen molar-refractivity contribution in [3.63, 3.8) is 0 Å². The number of fused-ring (bicyclic) bond motifs is 1. The third-order valence-corrected chi connectivity index (χ3v) is 9.81. The highest BCUT2D eigenvalue weighted by Crippen LogP contribution is 2.38. The van der Waals surface area contributed by atoms with Crippen molar-refractivity contribution in [2.75, 3.05) is 43.7 Å². The molecule has 1 aliphatic heterocycles. The van der Waals surface area contributed by atoms with Crippen LogP contribution in [0.1, 0.15) is 31.7 Å². The predicted octanol–water partition coefficient (Wildman–Crippen LogP) is 4.63. The molecule has 1 saturated carbocycles. The SMILES string of the molecule is CN1CCN(C2CCC(n3nc(-c4ccc(NS(=O)(=O)c5c(F)cccc5F)c(F)c4)c4c(N)nccc43)CC2)CC1. The molecule has 2 aromatic heterocycles. The molecule has 6 rings (SSSR count). The van der Waals surface area contributed by atoms with Gasteiger partial charge in [0.2, 0.25) is 0 Å². The van der Waals surface area contributed by atoms with Crippen LogP contribution in [0.5, 0.6) is 0 Å². The fraction of sp³-hybridized carbons (Fsp3) is 0.379. The number of nitrogens with zero attached hydrogens (tertiary/aromatic N) is 5. The van der Waals surface area contributed by atoms with Crippen molar-refractivity contribution in [1.82, 2.24) is 24.6 Å². The van der Waals surface area contributed by atoms with E-state index in [2.05, 4.69) is 21.8 Å². The zero-order valence-electron chi connectivity index (χ0n) is 23.1. The molecule has 9 nitrogen and oxygen atoms in total. The van der Waals surface area contributed by atoms with E-state index >= 15 is 4.39 Å². The first-order valence-corrected chi connectivity index (χ1v) is 15.4. The lowest BCUT2D eigenvalue weighted by atomic mass is 9.89. The first-order valence-electron chi connectivity index (χ1n) is 13.9. The average Bonchev–Trinajstić information content (AvgIpc) is 3.35. The Labute approximate surface area is 242 Å². The lowest BCUT2D eigenvalue weighted by Gasteiger charge is -2.41. The summed E-state index contributed by atoms with van der Waals surface area (Å²) in [6.07, 6.45) is 5.61. The van der Waals surface area contributed by atoms with E-state index < -0.39 is 38.1 Å². The van der Waals surface area contributed by atoms with Crippen LogP contribution in [0.15, 0.2) is 53.6 Å². The summed E-state index contributed by atoms with van der Waals surface area (Å²) in [6, 6.07) is 9.01. The molecule has 3 N–H and O–H groups in total. The maximum Gasteiger partial charge on any atom is 0.267 e. The quantitative estimate of drug-likeness (QED) is 0.333. The zero-order valence-corrected chi connectivity index (χ0v) is 23.9. The van der Waals surface area contributed by atoms with Crippen molar-refractivity contribution < 1.29 is 21.6 Å². The van der Waals surface area contributed by atoms with Gasteiger partial charge in [0.15, 0.2) is 4.90 Å². The molecule has 2 fully saturated rings. The summed E-state index contributed by atoms with van der Waals surface area (Å²) in [5.41, 5.74) is 7.40. The Morgan fingerprint density at radius 3 is 2.24 bits per heavy atom. The molecule has 1 aliphatic carbocycles. The third kappa shape index (κ3) is 5.32. The van der Waals surface area contributed by atoms with Gasteiger partial charge in [-0.1, -0.05) is 12.1 Å². The summed E-state index contributed by atoms with van der Waals surface area (Å²) in [4.78, 5) is 7.99. The van der Waals surface area contributed by atoms with Crippen LogP contribution in [-0.4, -0.2) is 72.3 Å². The number of likely N-dealkylation sites (N-methyl/N-ethyl adjacent to an activating group) is 1. The number of nitrogens with two attached hydrogens (primary N) is 1. The fourth-order valence-corrected chi connectivity index (χ4v) is 7.33. The van der Waals surface area contributed by atoms with E-state index in [0.29, 0.717) is 22.7 Å². The second-order valence-corrected chi connectivity index (χ2v) is 12.7. The lowest BCUT2D eigenvalue weighted by molar-refractivity contribution is 0.0816. The summed E-state index contributed by atoms with van der Waals surface area (Å²) in [7, 11) is -2.58. The number of anilines is 2. The number of pyridine rings is 1. The van der Waals surface area contributed by atoms with Crippen molar-refractivity contribution in [2.24, 2.45) is 0 Å². The fourth-order valence-electron chi connectivity index (χ4n) is 6.13. The number of halogens is 3. The van der Waals surface area contributed by atoms with Gasteiger partial charge in [-0.05, 0) is 63.1 Å². The molecule has 2 aromatic carbocycles. The van der Waals surface area contributed by atoms with E-state index in [4.69, 9.17) is 10.8 Å². The number of nitrogen functional groups attached to an aromatic ring is 1. The minimum absolute atomic E-state index is 0.137. The van der Waals surface area contributed by atoms with Crippen molar-refractivity contribution in [2.45, 2.75) is 42.7 Å². The van der Waals surface area contributed by atoms with Gasteiger partial charge >= 0.3 is 0 Å². The Kier molecular flexibility index (Phi) is 7.58. The van der Waals surface area contributed by atoms with Gasteiger partial charge in [-0.2, -0.15) is 5.10 Å². The number of hydrogen-bond donors (Lipinski definition) is 2. The molecule has 0 atom stereocenters. The lowest BCUT2D eigenvalue weighted by Crippen LogP contribution is -2.49. The second-order valence-electron chi connectivity index (χ2n) is 11.0. The third-order valence-electron chi connectivity index (χ3n) is 8.39. The molecule has 0 amide bonds. The standard InChI is InChI=1S/C29H32F3N7O2S/c1-37-13-15-38(16-14-37)19-6-8-20(9-7-19)39-25-11-12-34-29(33)26(25)27(35-39)18-5-10-24(23(32)17-18)36-42(40,41)28-21(30)3-2-4-22(28)31/h2-5,10-12,17,19-20,36H,6-9,13-16H2,1H3,(H2,33,34). The van der Waals surface area contributed by atoms with E-state index in [1.54, 1.807) is 6.20 Å². The summed E-state index contributed by atoms with van der Waals surface area (Å²) < 4.78 is 72.8. The Balaban J connectivity index is 1.27. The predicted molar refractivity (Wildman–Crippen MR) is 155 cm³/mol. The summed E-state index contributed by atoms with van der Waals surface area (Å²) >= 11 is 0. The highest BCUT2D eigenvalue weighted by molar-refractivity contribution is 7.92. The van der Waals surface area contributed by atoms with Crippen LogP contribution in [0, 0.1) is 17.5 Å². The number of rotatable bonds is 6. The van der Waals surface area contributed by atoms with Crippen molar-refractivity contribution in [1.29, 1.82) is 0 Å². The molecule has 1 saturated heterocycles. The molecule has 13 heteroatoms. The van der Waals surface area contributed by atoms with Gasteiger partial charge in [0.25, 0.3) is 10.0 Å². The highest BCUT2D eigenvalue weighted by atomic mass is 32.2. The molecule has 3 heterocycles. The molecule has 222 valence electrons. The number of piperazine rings is 1. The van der Waals surface area contributed by atoms with E-state index in [9.17, 15) is 17.2 Å². The molecular weight excluding hydrogens is 567 g/mol.